The Labute approximate surface area is 146 Å². The highest BCUT2D eigenvalue weighted by Gasteiger charge is 2.19. The van der Waals surface area contributed by atoms with E-state index >= 15 is 0 Å². The Morgan fingerprint density at radius 1 is 1.24 bits per heavy atom. The molecule has 25 heavy (non-hydrogen) atoms. The van der Waals surface area contributed by atoms with Gasteiger partial charge in [-0.2, -0.15) is 5.10 Å². The zero-order valence-corrected chi connectivity index (χ0v) is 14.6. The van der Waals surface area contributed by atoms with Gasteiger partial charge in [0.2, 0.25) is 0 Å². The van der Waals surface area contributed by atoms with Crippen LogP contribution in [0.2, 0.25) is 0 Å². The number of aromatic amines is 1. The van der Waals surface area contributed by atoms with Crippen molar-refractivity contribution in [1.29, 1.82) is 0 Å². The fraction of sp³-hybridized carbons (Fsp3) is 0.389. The van der Waals surface area contributed by atoms with E-state index in [1.54, 1.807) is 18.2 Å². The van der Waals surface area contributed by atoms with Gasteiger partial charge in [-0.25, -0.2) is 4.79 Å². The van der Waals surface area contributed by atoms with Crippen LogP contribution in [-0.4, -0.2) is 40.3 Å². The molecule has 0 spiro atoms. The molecule has 2 rings (SSSR count). The van der Waals surface area contributed by atoms with Crippen molar-refractivity contribution in [1.82, 2.24) is 15.5 Å². The van der Waals surface area contributed by atoms with Gasteiger partial charge in [0.05, 0.1) is 0 Å². The highest BCUT2D eigenvalue weighted by molar-refractivity contribution is 5.92. The molecular weight excluding hydrogens is 322 g/mol. The second kappa shape index (κ2) is 7.83. The van der Waals surface area contributed by atoms with Crippen LogP contribution in [0.1, 0.15) is 42.5 Å². The monoisotopic (exact) mass is 345 g/mol. The van der Waals surface area contributed by atoms with E-state index in [4.69, 9.17) is 9.84 Å². The Hall–Kier alpha value is -2.83. The third-order valence-corrected chi connectivity index (χ3v) is 3.60. The average molecular weight is 345 g/mol. The molecule has 0 aliphatic rings. The Bertz CT molecular complexity index is 730. The Balaban J connectivity index is 1.81. The van der Waals surface area contributed by atoms with Crippen molar-refractivity contribution < 1.29 is 19.4 Å². The molecule has 7 nitrogen and oxygen atoms in total. The maximum absolute atomic E-state index is 12.1. The topological polar surface area (TPSA) is 104 Å². The third kappa shape index (κ3) is 5.63. The summed E-state index contributed by atoms with van der Waals surface area (Å²) in [6.45, 7) is 6.26. The zero-order chi connectivity index (χ0) is 18.4. The van der Waals surface area contributed by atoms with Gasteiger partial charge in [0.15, 0.2) is 6.61 Å². The third-order valence-electron chi connectivity index (χ3n) is 3.60. The number of amides is 1. The van der Waals surface area contributed by atoms with Crippen LogP contribution in [0.3, 0.4) is 0 Å². The van der Waals surface area contributed by atoms with Gasteiger partial charge in [-0.1, -0.05) is 32.9 Å². The molecule has 0 radical (unpaired) electrons. The number of carbonyl (C=O) groups is 2. The largest absolute Gasteiger partial charge is 0.482 e. The van der Waals surface area contributed by atoms with Gasteiger partial charge in [0.1, 0.15) is 11.4 Å². The molecule has 0 atom stereocenters. The quantitative estimate of drug-likeness (QED) is 0.713. The lowest BCUT2D eigenvalue weighted by molar-refractivity contribution is -0.139. The van der Waals surface area contributed by atoms with Crippen LogP contribution in [0.4, 0.5) is 0 Å². The first kappa shape index (κ1) is 18.5. The van der Waals surface area contributed by atoms with Crippen LogP contribution >= 0.6 is 0 Å². The number of carboxylic acids is 1. The molecule has 1 heterocycles. The molecule has 3 N–H and O–H groups in total. The number of benzene rings is 1. The second-order valence-electron chi connectivity index (χ2n) is 6.75. The van der Waals surface area contributed by atoms with E-state index in [1.807, 2.05) is 32.9 Å². The van der Waals surface area contributed by atoms with E-state index in [0.717, 1.165) is 11.3 Å². The van der Waals surface area contributed by atoms with Crippen molar-refractivity contribution >= 4 is 11.9 Å². The molecule has 134 valence electrons. The number of H-pyrrole nitrogens is 1. The van der Waals surface area contributed by atoms with Crippen molar-refractivity contribution in [3.05, 3.63) is 47.3 Å². The molecule has 0 fully saturated rings. The van der Waals surface area contributed by atoms with Gasteiger partial charge in [0.25, 0.3) is 5.91 Å². The first-order valence-electron chi connectivity index (χ1n) is 8.03. The van der Waals surface area contributed by atoms with E-state index in [2.05, 4.69) is 15.5 Å². The molecule has 0 aliphatic heterocycles. The van der Waals surface area contributed by atoms with E-state index < -0.39 is 5.97 Å². The van der Waals surface area contributed by atoms with Gasteiger partial charge in [-0.3, -0.25) is 9.89 Å². The highest BCUT2D eigenvalue weighted by atomic mass is 16.5. The molecular formula is C18H23N3O4. The van der Waals surface area contributed by atoms with Gasteiger partial charge in [-0.15, -0.1) is 0 Å². The first-order chi connectivity index (χ1) is 11.8. The molecule has 1 amide bonds. The maximum atomic E-state index is 12.1. The summed E-state index contributed by atoms with van der Waals surface area (Å²) < 4.78 is 5.07. The summed E-state index contributed by atoms with van der Waals surface area (Å²) in [6, 6.07) is 8.88. The summed E-state index contributed by atoms with van der Waals surface area (Å²) in [5.74, 6) is -0.727. The van der Waals surface area contributed by atoms with Crippen LogP contribution in [0, 0.1) is 0 Å². The molecule has 1 aromatic carbocycles. The molecule has 7 heteroatoms. The van der Waals surface area contributed by atoms with Crippen molar-refractivity contribution in [2.45, 2.75) is 32.6 Å². The predicted molar refractivity (Wildman–Crippen MR) is 92.9 cm³/mol. The second-order valence-corrected chi connectivity index (χ2v) is 6.75. The van der Waals surface area contributed by atoms with Crippen LogP contribution in [-0.2, 0) is 16.6 Å². The molecule has 0 aliphatic carbocycles. The molecule has 2 aromatic rings. The summed E-state index contributed by atoms with van der Waals surface area (Å²) in [6.07, 6.45) is 0.654. The van der Waals surface area contributed by atoms with Gasteiger partial charge in [0, 0.05) is 17.7 Å². The number of hydrogen-bond donors (Lipinski definition) is 3. The number of aromatic nitrogens is 2. The Morgan fingerprint density at radius 3 is 2.48 bits per heavy atom. The molecule has 1 aromatic heterocycles. The number of ether oxygens (including phenoxy) is 1. The lowest BCUT2D eigenvalue weighted by Crippen LogP contribution is -2.26. The lowest BCUT2D eigenvalue weighted by atomic mass is 9.92. The Morgan fingerprint density at radius 2 is 1.92 bits per heavy atom. The van der Waals surface area contributed by atoms with Crippen molar-refractivity contribution in [2.24, 2.45) is 0 Å². The van der Waals surface area contributed by atoms with Crippen molar-refractivity contribution in [3.63, 3.8) is 0 Å². The summed E-state index contributed by atoms with van der Waals surface area (Å²) in [5, 5.41) is 18.3. The minimum absolute atomic E-state index is 0.0873. The van der Waals surface area contributed by atoms with Crippen LogP contribution < -0.4 is 10.1 Å². The van der Waals surface area contributed by atoms with E-state index in [0.29, 0.717) is 24.4 Å². The van der Waals surface area contributed by atoms with Crippen LogP contribution in [0.5, 0.6) is 5.75 Å². The molecule has 0 saturated heterocycles. The number of carboxylic acid groups (broad SMARTS) is 1. The maximum Gasteiger partial charge on any atom is 0.341 e. The standard InChI is InChI=1S/C18H23N3O4/c1-18(2,3)15-10-14(20-21-15)17(24)19-9-8-12-4-6-13(7-5-12)25-11-16(22)23/h4-7,10H,8-9,11H2,1-3H3,(H,19,24)(H,20,21)(H,22,23). The Kier molecular flexibility index (Phi) is 5.80. The highest BCUT2D eigenvalue weighted by Crippen LogP contribution is 2.20. The number of carbonyl (C=O) groups excluding carboxylic acids is 1. The van der Waals surface area contributed by atoms with Gasteiger partial charge < -0.3 is 15.2 Å². The van der Waals surface area contributed by atoms with Crippen LogP contribution in [0.15, 0.2) is 30.3 Å². The number of aliphatic carboxylic acids is 1. The smallest absolute Gasteiger partial charge is 0.341 e. The zero-order valence-electron chi connectivity index (χ0n) is 14.6. The van der Waals surface area contributed by atoms with E-state index in [1.165, 1.54) is 0 Å². The molecule has 0 unspecified atom stereocenters. The van der Waals surface area contributed by atoms with Gasteiger partial charge in [-0.05, 0) is 30.2 Å². The van der Waals surface area contributed by atoms with Crippen molar-refractivity contribution in [2.75, 3.05) is 13.2 Å². The number of hydrogen-bond acceptors (Lipinski definition) is 4. The number of nitrogens with one attached hydrogen (secondary N) is 2. The summed E-state index contributed by atoms with van der Waals surface area (Å²) >= 11 is 0. The predicted octanol–water partition coefficient (Wildman–Crippen LogP) is 2.14. The molecule has 0 bridgehead atoms. The van der Waals surface area contributed by atoms with E-state index in [9.17, 15) is 9.59 Å². The average Bonchev–Trinajstić information content (AvgIpc) is 3.04. The SMILES string of the molecule is CC(C)(C)c1cc(C(=O)NCCc2ccc(OCC(=O)O)cc2)n[nH]1. The lowest BCUT2D eigenvalue weighted by Gasteiger charge is -2.14. The van der Waals surface area contributed by atoms with Gasteiger partial charge >= 0.3 is 5.97 Å². The number of rotatable bonds is 7. The normalized spacial score (nSPS) is 11.2. The summed E-state index contributed by atoms with van der Waals surface area (Å²) in [4.78, 5) is 22.6. The van der Waals surface area contributed by atoms with Crippen LogP contribution in [0.25, 0.3) is 0 Å². The number of nitrogens with zero attached hydrogens (tertiary/aromatic N) is 1. The van der Waals surface area contributed by atoms with Crippen molar-refractivity contribution in [3.8, 4) is 5.75 Å². The summed E-state index contributed by atoms with van der Waals surface area (Å²) in [7, 11) is 0. The fourth-order valence-corrected chi connectivity index (χ4v) is 2.13. The minimum atomic E-state index is -1.01. The van der Waals surface area contributed by atoms with E-state index in [-0.39, 0.29) is 17.9 Å². The molecule has 0 saturated carbocycles. The fourth-order valence-electron chi connectivity index (χ4n) is 2.13. The first-order valence-corrected chi connectivity index (χ1v) is 8.03. The summed E-state index contributed by atoms with van der Waals surface area (Å²) in [5.41, 5.74) is 2.22. The minimum Gasteiger partial charge on any atom is -0.482 e.